The van der Waals surface area contributed by atoms with Gasteiger partial charge in [0, 0.05) is 5.39 Å². The van der Waals surface area contributed by atoms with Gasteiger partial charge in [0.15, 0.2) is 0 Å². The normalized spacial score (nSPS) is 10.4. The van der Waals surface area contributed by atoms with Crippen LogP contribution in [0.4, 0.5) is 0 Å². The van der Waals surface area contributed by atoms with E-state index in [9.17, 15) is 5.26 Å². The van der Waals surface area contributed by atoms with Crippen LogP contribution < -0.4 is 4.74 Å². The van der Waals surface area contributed by atoms with Crippen LogP contribution in [0.3, 0.4) is 0 Å². The molecule has 0 aromatic heterocycles. The molecule has 0 fully saturated rings. The highest BCUT2D eigenvalue weighted by Crippen LogP contribution is 2.31. The van der Waals surface area contributed by atoms with E-state index in [0.717, 1.165) is 21.9 Å². The largest absolute Gasteiger partial charge is 0.497 e. The average molecular weight is 233 g/mol. The Bertz CT molecular complexity index is 784. The standard InChI is InChI=1S/C16H11NO/c1-18-13-8-12(10-17)15-7-6-11-4-2-3-5-14(11)16(15)9-13/h2-9H,1H3. The second-order valence-corrected chi connectivity index (χ2v) is 4.17. The molecule has 0 bridgehead atoms. The number of methoxy groups -OCH3 is 1. The Kier molecular flexibility index (Phi) is 2.39. The van der Waals surface area contributed by atoms with Crippen LogP contribution >= 0.6 is 0 Å². The molecule has 0 aliphatic heterocycles. The molecule has 2 nitrogen and oxygen atoms in total. The Hall–Kier alpha value is -2.53. The summed E-state index contributed by atoms with van der Waals surface area (Å²) in [5, 5.41) is 13.6. The first kappa shape index (κ1) is 10.6. The molecule has 2 heteroatoms. The molecule has 3 rings (SSSR count). The van der Waals surface area contributed by atoms with E-state index in [-0.39, 0.29) is 0 Å². The predicted octanol–water partition coefficient (Wildman–Crippen LogP) is 3.87. The van der Waals surface area contributed by atoms with Crippen molar-refractivity contribution in [2.24, 2.45) is 0 Å². The first-order valence-corrected chi connectivity index (χ1v) is 5.73. The number of hydrogen-bond acceptors (Lipinski definition) is 2. The fourth-order valence-electron chi connectivity index (χ4n) is 2.30. The minimum atomic E-state index is 0.648. The van der Waals surface area contributed by atoms with E-state index < -0.39 is 0 Å². The SMILES string of the molecule is COc1cc(C#N)c2ccc3ccccc3c2c1. The van der Waals surface area contributed by atoms with E-state index in [4.69, 9.17) is 4.74 Å². The molecule has 0 spiro atoms. The van der Waals surface area contributed by atoms with E-state index >= 15 is 0 Å². The van der Waals surface area contributed by atoms with Crippen LogP contribution in [0.2, 0.25) is 0 Å². The van der Waals surface area contributed by atoms with Gasteiger partial charge in [-0.15, -0.1) is 0 Å². The molecule has 0 heterocycles. The van der Waals surface area contributed by atoms with Gasteiger partial charge < -0.3 is 4.74 Å². The zero-order valence-electron chi connectivity index (χ0n) is 9.97. The van der Waals surface area contributed by atoms with Gasteiger partial charge in [-0.3, -0.25) is 0 Å². The minimum Gasteiger partial charge on any atom is -0.497 e. The predicted molar refractivity (Wildman–Crippen MR) is 72.7 cm³/mol. The zero-order chi connectivity index (χ0) is 12.5. The lowest BCUT2D eigenvalue weighted by Gasteiger charge is -2.08. The Labute approximate surface area is 105 Å². The first-order chi connectivity index (χ1) is 8.83. The minimum absolute atomic E-state index is 0.648. The van der Waals surface area contributed by atoms with E-state index in [1.807, 2.05) is 30.3 Å². The van der Waals surface area contributed by atoms with Crippen LogP contribution in [-0.4, -0.2) is 7.11 Å². The lowest BCUT2D eigenvalue weighted by atomic mass is 9.98. The number of nitrogens with zero attached hydrogens (tertiary/aromatic N) is 1. The van der Waals surface area contributed by atoms with Crippen LogP contribution in [0.1, 0.15) is 5.56 Å². The van der Waals surface area contributed by atoms with Crippen LogP contribution in [0.25, 0.3) is 21.5 Å². The molecular formula is C16H11NO. The molecule has 0 amide bonds. The highest BCUT2D eigenvalue weighted by molar-refractivity contribution is 6.09. The summed E-state index contributed by atoms with van der Waals surface area (Å²) in [6.45, 7) is 0. The molecule has 0 radical (unpaired) electrons. The second-order valence-electron chi connectivity index (χ2n) is 4.17. The fourth-order valence-corrected chi connectivity index (χ4v) is 2.30. The topological polar surface area (TPSA) is 33.0 Å². The van der Waals surface area contributed by atoms with Crippen molar-refractivity contribution in [1.29, 1.82) is 5.26 Å². The molecule has 0 saturated carbocycles. The van der Waals surface area contributed by atoms with Gasteiger partial charge in [0.2, 0.25) is 0 Å². The molecule has 3 aromatic rings. The Morgan fingerprint density at radius 3 is 2.56 bits per heavy atom. The van der Waals surface area contributed by atoms with Gasteiger partial charge >= 0.3 is 0 Å². The fraction of sp³-hybridized carbons (Fsp3) is 0.0625. The van der Waals surface area contributed by atoms with Gasteiger partial charge in [0.05, 0.1) is 18.7 Å². The monoisotopic (exact) mass is 233 g/mol. The maximum atomic E-state index is 9.22. The van der Waals surface area contributed by atoms with Crippen LogP contribution in [-0.2, 0) is 0 Å². The summed E-state index contributed by atoms with van der Waals surface area (Å²) in [6, 6.07) is 18.2. The van der Waals surface area contributed by atoms with Gasteiger partial charge in [0.1, 0.15) is 5.75 Å². The van der Waals surface area contributed by atoms with Crippen molar-refractivity contribution in [3.8, 4) is 11.8 Å². The lowest BCUT2D eigenvalue weighted by molar-refractivity contribution is 0.415. The molecule has 0 atom stereocenters. The molecule has 0 saturated heterocycles. The van der Waals surface area contributed by atoms with Crippen molar-refractivity contribution in [1.82, 2.24) is 0 Å². The zero-order valence-corrected chi connectivity index (χ0v) is 9.97. The second kappa shape index (κ2) is 4.05. The maximum Gasteiger partial charge on any atom is 0.120 e. The third-order valence-corrected chi connectivity index (χ3v) is 3.19. The number of benzene rings is 3. The van der Waals surface area contributed by atoms with E-state index in [2.05, 4.69) is 18.2 Å². The molecule has 0 aliphatic rings. The van der Waals surface area contributed by atoms with Gasteiger partial charge in [-0.25, -0.2) is 0 Å². The summed E-state index contributed by atoms with van der Waals surface area (Å²) in [4.78, 5) is 0. The molecular weight excluding hydrogens is 222 g/mol. The van der Waals surface area contributed by atoms with Crippen molar-refractivity contribution in [3.63, 3.8) is 0 Å². The molecule has 0 aliphatic carbocycles. The van der Waals surface area contributed by atoms with Gasteiger partial charge in [-0.05, 0) is 28.3 Å². The number of ether oxygens (including phenoxy) is 1. The highest BCUT2D eigenvalue weighted by atomic mass is 16.5. The van der Waals surface area contributed by atoms with Gasteiger partial charge in [-0.1, -0.05) is 36.4 Å². The van der Waals surface area contributed by atoms with Crippen molar-refractivity contribution >= 4 is 21.5 Å². The molecule has 3 aromatic carbocycles. The van der Waals surface area contributed by atoms with Crippen LogP contribution in [0.15, 0.2) is 48.5 Å². The summed E-state index contributed by atoms with van der Waals surface area (Å²) >= 11 is 0. The maximum absolute atomic E-state index is 9.22. The van der Waals surface area contributed by atoms with Crippen molar-refractivity contribution < 1.29 is 4.74 Å². The smallest absolute Gasteiger partial charge is 0.120 e. The number of nitriles is 1. The van der Waals surface area contributed by atoms with Crippen LogP contribution in [0, 0.1) is 11.3 Å². The van der Waals surface area contributed by atoms with Gasteiger partial charge in [-0.2, -0.15) is 5.26 Å². The number of rotatable bonds is 1. The highest BCUT2D eigenvalue weighted by Gasteiger charge is 2.07. The summed E-state index contributed by atoms with van der Waals surface area (Å²) in [6.07, 6.45) is 0. The van der Waals surface area contributed by atoms with Crippen molar-refractivity contribution in [3.05, 3.63) is 54.1 Å². The Morgan fingerprint density at radius 1 is 0.944 bits per heavy atom. The van der Waals surface area contributed by atoms with Crippen LogP contribution in [0.5, 0.6) is 5.75 Å². The first-order valence-electron chi connectivity index (χ1n) is 5.73. The summed E-state index contributed by atoms with van der Waals surface area (Å²) in [5.41, 5.74) is 0.648. The van der Waals surface area contributed by atoms with E-state index in [0.29, 0.717) is 5.56 Å². The van der Waals surface area contributed by atoms with Crippen molar-refractivity contribution in [2.45, 2.75) is 0 Å². The number of fused-ring (bicyclic) bond motifs is 3. The molecule has 0 N–H and O–H groups in total. The molecule has 18 heavy (non-hydrogen) atoms. The quantitative estimate of drug-likeness (QED) is 0.598. The third kappa shape index (κ3) is 1.49. The average Bonchev–Trinajstić information content (AvgIpc) is 2.45. The van der Waals surface area contributed by atoms with E-state index in [1.54, 1.807) is 13.2 Å². The lowest BCUT2D eigenvalue weighted by Crippen LogP contribution is -1.87. The number of hydrogen-bond donors (Lipinski definition) is 0. The Morgan fingerprint density at radius 2 is 1.78 bits per heavy atom. The molecule has 0 unspecified atom stereocenters. The third-order valence-electron chi connectivity index (χ3n) is 3.19. The Balaban J connectivity index is 2.53. The summed E-state index contributed by atoms with van der Waals surface area (Å²) in [5.74, 6) is 0.718. The van der Waals surface area contributed by atoms with E-state index in [1.165, 1.54) is 5.39 Å². The molecule has 86 valence electrons. The van der Waals surface area contributed by atoms with Gasteiger partial charge in [0.25, 0.3) is 0 Å². The van der Waals surface area contributed by atoms with Crippen molar-refractivity contribution in [2.75, 3.05) is 7.11 Å². The summed E-state index contributed by atoms with van der Waals surface area (Å²) < 4.78 is 5.26. The summed E-state index contributed by atoms with van der Waals surface area (Å²) in [7, 11) is 1.62.